The van der Waals surface area contributed by atoms with Gasteiger partial charge in [0.15, 0.2) is 0 Å². The smallest absolute Gasteiger partial charge is 0.105 e. The Morgan fingerprint density at radius 2 is 2.03 bits per heavy atom. The molecule has 0 radical (unpaired) electrons. The number of nitrogens with one attached hydrogen (secondary N) is 1. The molecule has 2 aliphatic rings. The molecule has 0 bridgehead atoms. The fourth-order valence-electron chi connectivity index (χ4n) is 4.99. The number of allylic oxidation sites excluding steroid dienone is 1. The summed E-state index contributed by atoms with van der Waals surface area (Å²) in [6.45, 7) is 4.68. The Morgan fingerprint density at radius 3 is 2.80 bits per heavy atom. The minimum absolute atomic E-state index is 0.301. The van der Waals surface area contributed by atoms with E-state index in [1.165, 1.54) is 5.57 Å². The largest absolute Gasteiger partial charge is 0.331 e. The summed E-state index contributed by atoms with van der Waals surface area (Å²) in [6, 6.07) is 10.2. The van der Waals surface area contributed by atoms with Gasteiger partial charge in [-0.1, -0.05) is 23.7 Å². The zero-order valence-electron chi connectivity index (χ0n) is 17.1. The normalized spacial score (nSPS) is 21.5. The van der Waals surface area contributed by atoms with Gasteiger partial charge in [-0.2, -0.15) is 0 Å². The van der Waals surface area contributed by atoms with Crippen LogP contribution in [0.15, 0.2) is 48.9 Å². The molecule has 0 saturated carbocycles. The molecule has 1 aliphatic heterocycles. The third-order valence-electron chi connectivity index (χ3n) is 6.58. The van der Waals surface area contributed by atoms with Gasteiger partial charge in [-0.25, -0.2) is 4.98 Å². The first-order chi connectivity index (χ1) is 14.6. The Labute approximate surface area is 182 Å². The van der Waals surface area contributed by atoms with E-state index in [0.717, 1.165) is 59.2 Å². The fourth-order valence-corrected chi connectivity index (χ4v) is 5.17. The number of pyridine rings is 1. The summed E-state index contributed by atoms with van der Waals surface area (Å²) in [4.78, 5) is 9.28. The van der Waals surface area contributed by atoms with Crippen LogP contribution in [0.2, 0.25) is 5.02 Å². The first-order valence-electron chi connectivity index (χ1n) is 10.5. The Morgan fingerprint density at radius 1 is 1.20 bits per heavy atom. The highest BCUT2D eigenvalue weighted by Crippen LogP contribution is 2.45. The Bertz CT molecular complexity index is 1110. The number of halogens is 1. The molecule has 6 heteroatoms. The molecule has 30 heavy (non-hydrogen) atoms. The predicted molar refractivity (Wildman–Crippen MR) is 121 cm³/mol. The van der Waals surface area contributed by atoms with Crippen molar-refractivity contribution in [2.24, 2.45) is 11.7 Å². The maximum atomic E-state index is 7.39. The lowest BCUT2D eigenvalue weighted by molar-refractivity contribution is 0.249. The van der Waals surface area contributed by atoms with E-state index in [0.29, 0.717) is 12.5 Å². The van der Waals surface area contributed by atoms with Crippen LogP contribution in [0.5, 0.6) is 0 Å². The number of imidazole rings is 1. The van der Waals surface area contributed by atoms with Crippen molar-refractivity contribution in [3.05, 3.63) is 82.2 Å². The lowest BCUT2D eigenvalue weighted by Gasteiger charge is -2.41. The van der Waals surface area contributed by atoms with Gasteiger partial charge in [0.2, 0.25) is 0 Å². The number of nitrogens with zero attached hydrogens (tertiary/aromatic N) is 3. The van der Waals surface area contributed by atoms with Gasteiger partial charge < -0.3 is 15.6 Å². The fraction of sp³-hybridized carbons (Fsp3) is 0.333. The first kappa shape index (κ1) is 19.5. The molecule has 3 heterocycles. The Balaban J connectivity index is 1.75. The number of nitrogens with two attached hydrogens (primary N) is 1. The van der Waals surface area contributed by atoms with E-state index in [-0.39, 0.29) is 0 Å². The third-order valence-corrected chi connectivity index (χ3v) is 6.82. The summed E-state index contributed by atoms with van der Waals surface area (Å²) in [5, 5.41) is 4.19. The molecule has 5 rings (SSSR count). The lowest BCUT2D eigenvalue weighted by Crippen LogP contribution is -2.50. The maximum Gasteiger partial charge on any atom is 0.105 e. The number of benzene rings is 1. The van der Waals surface area contributed by atoms with Gasteiger partial charge in [-0.15, -0.1) is 0 Å². The summed E-state index contributed by atoms with van der Waals surface area (Å²) in [5.41, 5.74) is 12.1. The molecule has 0 spiro atoms. The summed E-state index contributed by atoms with van der Waals surface area (Å²) in [7, 11) is 0. The average Bonchev–Trinajstić information content (AvgIpc) is 3.13. The van der Waals surface area contributed by atoms with Crippen LogP contribution >= 0.6 is 11.6 Å². The molecule has 1 atom stereocenters. The van der Waals surface area contributed by atoms with Crippen LogP contribution in [0.1, 0.15) is 41.1 Å². The molecule has 1 saturated heterocycles. The Kier molecular flexibility index (Phi) is 4.97. The Hall–Kier alpha value is -2.47. The van der Waals surface area contributed by atoms with E-state index in [1.54, 1.807) is 0 Å². The second-order valence-corrected chi connectivity index (χ2v) is 8.73. The molecule has 154 valence electrons. The number of aromatic nitrogens is 3. The van der Waals surface area contributed by atoms with Gasteiger partial charge in [-0.3, -0.25) is 4.98 Å². The SMILES string of the molecule is Cc1nccn1CC1=Cc2cc(Cl)ccc2C(N)(C2CCNCC2)c2ncccc21. The van der Waals surface area contributed by atoms with Crippen molar-refractivity contribution >= 4 is 23.3 Å². The standard InChI is InChI=1S/C24H26ClN5/c1-16-28-11-12-30(16)15-18-13-17-14-20(25)4-5-22(17)24(26,19-6-9-27-10-7-19)23-21(18)3-2-8-29-23/h2-5,8,11-14,19,27H,6-7,9-10,15,26H2,1H3. The second-order valence-electron chi connectivity index (χ2n) is 8.30. The summed E-state index contributed by atoms with van der Waals surface area (Å²) < 4.78 is 2.15. The van der Waals surface area contributed by atoms with E-state index >= 15 is 0 Å². The van der Waals surface area contributed by atoms with Crippen molar-refractivity contribution in [2.45, 2.75) is 31.8 Å². The number of rotatable bonds is 3. The van der Waals surface area contributed by atoms with Crippen LogP contribution in [0, 0.1) is 12.8 Å². The van der Waals surface area contributed by atoms with E-state index < -0.39 is 5.54 Å². The number of hydrogen-bond donors (Lipinski definition) is 2. The molecular formula is C24H26ClN5. The second kappa shape index (κ2) is 7.65. The molecular weight excluding hydrogens is 394 g/mol. The van der Waals surface area contributed by atoms with Crippen molar-refractivity contribution in [1.82, 2.24) is 19.9 Å². The summed E-state index contributed by atoms with van der Waals surface area (Å²) >= 11 is 6.42. The lowest BCUT2D eigenvalue weighted by atomic mass is 9.70. The molecule has 3 aromatic rings. The van der Waals surface area contributed by atoms with Crippen LogP contribution in [0.3, 0.4) is 0 Å². The zero-order chi connectivity index (χ0) is 20.7. The van der Waals surface area contributed by atoms with Gasteiger partial charge in [0.05, 0.1) is 11.2 Å². The van der Waals surface area contributed by atoms with Crippen LogP contribution in [-0.4, -0.2) is 27.6 Å². The van der Waals surface area contributed by atoms with Gasteiger partial charge in [0.1, 0.15) is 5.82 Å². The minimum atomic E-state index is -0.666. The van der Waals surface area contributed by atoms with E-state index in [2.05, 4.69) is 33.1 Å². The van der Waals surface area contributed by atoms with E-state index in [1.807, 2.05) is 43.7 Å². The number of aryl methyl sites for hydroxylation is 1. The zero-order valence-corrected chi connectivity index (χ0v) is 17.9. The van der Waals surface area contributed by atoms with Crippen molar-refractivity contribution in [1.29, 1.82) is 0 Å². The highest BCUT2D eigenvalue weighted by molar-refractivity contribution is 6.30. The third kappa shape index (κ3) is 3.18. The predicted octanol–water partition coefficient (Wildman–Crippen LogP) is 4.00. The van der Waals surface area contributed by atoms with Crippen molar-refractivity contribution < 1.29 is 0 Å². The van der Waals surface area contributed by atoms with E-state index in [4.69, 9.17) is 22.3 Å². The van der Waals surface area contributed by atoms with Gasteiger partial charge >= 0.3 is 0 Å². The van der Waals surface area contributed by atoms with Gasteiger partial charge in [-0.05, 0) is 79.7 Å². The van der Waals surface area contributed by atoms with Crippen LogP contribution in [-0.2, 0) is 12.1 Å². The molecule has 3 N–H and O–H groups in total. The monoisotopic (exact) mass is 419 g/mol. The number of hydrogen-bond acceptors (Lipinski definition) is 4. The van der Waals surface area contributed by atoms with Gasteiger partial charge in [0.25, 0.3) is 0 Å². The highest BCUT2D eigenvalue weighted by atomic mass is 35.5. The van der Waals surface area contributed by atoms with Crippen LogP contribution < -0.4 is 11.1 Å². The minimum Gasteiger partial charge on any atom is -0.331 e. The van der Waals surface area contributed by atoms with Crippen LogP contribution in [0.25, 0.3) is 11.6 Å². The molecule has 5 nitrogen and oxygen atoms in total. The topological polar surface area (TPSA) is 68.8 Å². The quantitative estimate of drug-likeness (QED) is 0.673. The van der Waals surface area contributed by atoms with Gasteiger partial charge in [0, 0.05) is 35.7 Å². The molecule has 1 aliphatic carbocycles. The van der Waals surface area contributed by atoms with Crippen molar-refractivity contribution in [2.75, 3.05) is 13.1 Å². The maximum absolute atomic E-state index is 7.39. The highest BCUT2D eigenvalue weighted by Gasteiger charge is 2.44. The van der Waals surface area contributed by atoms with Crippen LogP contribution in [0.4, 0.5) is 0 Å². The van der Waals surface area contributed by atoms with Crippen molar-refractivity contribution in [3.8, 4) is 0 Å². The molecule has 1 aromatic carbocycles. The molecule has 2 aromatic heterocycles. The van der Waals surface area contributed by atoms with Crippen molar-refractivity contribution in [3.63, 3.8) is 0 Å². The molecule has 1 unspecified atom stereocenters. The summed E-state index contributed by atoms with van der Waals surface area (Å²) in [6.07, 6.45) is 9.98. The molecule has 1 fully saturated rings. The summed E-state index contributed by atoms with van der Waals surface area (Å²) in [5.74, 6) is 1.28. The van der Waals surface area contributed by atoms with E-state index in [9.17, 15) is 0 Å². The number of fused-ring (bicyclic) bond motifs is 2. The molecule has 0 amide bonds. The number of piperidine rings is 1. The average molecular weight is 420 g/mol. The first-order valence-corrected chi connectivity index (χ1v) is 10.9.